The molecule has 2 aromatic heterocycles. The Hall–Kier alpha value is -2.37. The van der Waals surface area contributed by atoms with Crippen LogP contribution in [0.15, 0.2) is 53.0 Å². The van der Waals surface area contributed by atoms with E-state index in [4.69, 9.17) is 11.6 Å². The molecule has 1 unspecified atom stereocenters. The first-order valence-corrected chi connectivity index (χ1v) is 9.89. The molecule has 3 heterocycles. The van der Waals surface area contributed by atoms with Crippen molar-refractivity contribution in [3.05, 3.63) is 68.5 Å². The number of carbonyl (C=O) groups excluding carboxylic acids is 1. The van der Waals surface area contributed by atoms with E-state index in [9.17, 15) is 4.79 Å². The van der Waals surface area contributed by atoms with Crippen molar-refractivity contribution in [2.24, 2.45) is 0 Å². The largest absolute Gasteiger partial charge is 0.342 e. The summed E-state index contributed by atoms with van der Waals surface area (Å²) in [6, 6.07) is 11.9. The molecule has 1 aliphatic heterocycles. The van der Waals surface area contributed by atoms with E-state index < -0.39 is 0 Å². The third-order valence-electron chi connectivity index (χ3n) is 5.07. The molecule has 1 aromatic carbocycles. The van der Waals surface area contributed by atoms with Crippen LogP contribution in [-0.4, -0.2) is 16.0 Å². The van der Waals surface area contributed by atoms with Crippen LogP contribution in [-0.2, 0) is 4.79 Å². The monoisotopic (exact) mass is 381 g/mol. The molecule has 0 saturated carbocycles. The van der Waals surface area contributed by atoms with Gasteiger partial charge in [-0.1, -0.05) is 29.8 Å². The number of thiophene rings is 1. The molecule has 0 saturated heterocycles. The van der Waals surface area contributed by atoms with Gasteiger partial charge in [0.25, 0.3) is 0 Å². The number of Topliss-reactive ketones (excluding diaryl/α,β-unsaturated/α-hetero) is 1. The maximum absolute atomic E-state index is 12.8. The Kier molecular flexibility index (Phi) is 3.72. The summed E-state index contributed by atoms with van der Waals surface area (Å²) in [6.07, 6.45) is 2.41. The van der Waals surface area contributed by atoms with Crippen molar-refractivity contribution in [3.63, 3.8) is 0 Å². The smallest absolute Gasteiger partial charge is 0.161 e. The van der Waals surface area contributed by atoms with Gasteiger partial charge in [-0.15, -0.1) is 11.3 Å². The van der Waals surface area contributed by atoms with Crippen molar-refractivity contribution in [2.45, 2.75) is 25.2 Å². The molecule has 6 heteroatoms. The Morgan fingerprint density at radius 3 is 2.77 bits per heavy atom. The average Bonchev–Trinajstić information content (AvgIpc) is 3.31. The molecule has 0 fully saturated rings. The fraction of sp³-hybridized carbons (Fsp3) is 0.200. The van der Waals surface area contributed by atoms with E-state index >= 15 is 0 Å². The summed E-state index contributed by atoms with van der Waals surface area (Å²) in [5.41, 5.74) is 4.93. The second kappa shape index (κ2) is 6.11. The first kappa shape index (κ1) is 15.9. The lowest BCUT2D eigenvalue weighted by molar-refractivity contribution is -0.116. The van der Waals surface area contributed by atoms with Gasteiger partial charge in [0.2, 0.25) is 0 Å². The van der Waals surface area contributed by atoms with Gasteiger partial charge in [0, 0.05) is 38.7 Å². The van der Waals surface area contributed by atoms with Crippen molar-refractivity contribution >= 4 is 34.5 Å². The van der Waals surface area contributed by atoms with Gasteiger partial charge >= 0.3 is 0 Å². The second-order valence-corrected chi connectivity index (χ2v) is 8.03. The number of carbonyl (C=O) groups is 1. The first-order valence-electron chi connectivity index (χ1n) is 8.63. The summed E-state index contributed by atoms with van der Waals surface area (Å²) >= 11 is 7.73. The van der Waals surface area contributed by atoms with Gasteiger partial charge in [0.15, 0.2) is 11.6 Å². The standard InChI is InChI=1S/C20H16ClN3OS/c21-12-8-6-11(7-9-12)19-18-17(15-5-2-10-26-15)16-13(3-1-4-14(16)25)22-20(18)24-23-19/h2,5-10,17H,1,3-4H2,(H2,22,23,24). The quantitative estimate of drug-likeness (QED) is 0.628. The van der Waals surface area contributed by atoms with Crippen LogP contribution in [0.5, 0.6) is 0 Å². The molecule has 3 aromatic rings. The Labute approximate surface area is 159 Å². The first-order chi connectivity index (χ1) is 12.7. The molecule has 0 bridgehead atoms. The molecule has 1 atom stereocenters. The number of benzene rings is 1. The number of hydrogen-bond donors (Lipinski definition) is 2. The van der Waals surface area contributed by atoms with Crippen LogP contribution in [0.25, 0.3) is 11.3 Å². The number of fused-ring (bicyclic) bond motifs is 1. The summed E-state index contributed by atoms with van der Waals surface area (Å²) in [5.74, 6) is 0.992. The van der Waals surface area contributed by atoms with E-state index in [1.807, 2.05) is 30.3 Å². The minimum Gasteiger partial charge on any atom is -0.342 e. The van der Waals surface area contributed by atoms with Crippen LogP contribution in [0.2, 0.25) is 5.02 Å². The highest BCUT2D eigenvalue weighted by molar-refractivity contribution is 7.10. The number of nitrogens with zero attached hydrogens (tertiary/aromatic N) is 1. The number of nitrogens with one attached hydrogen (secondary N) is 2. The van der Waals surface area contributed by atoms with Gasteiger partial charge in [-0.25, -0.2) is 0 Å². The number of allylic oxidation sites excluding steroid dienone is 2. The number of hydrogen-bond acceptors (Lipinski definition) is 4. The van der Waals surface area contributed by atoms with Crippen LogP contribution in [0.3, 0.4) is 0 Å². The maximum atomic E-state index is 12.8. The SMILES string of the molecule is O=C1CCCC2=C1C(c1cccs1)c1c(n[nH]c1-c1ccc(Cl)cc1)N2. The molecule has 5 rings (SSSR count). The van der Waals surface area contributed by atoms with Crippen LogP contribution in [0, 0.1) is 0 Å². The van der Waals surface area contributed by atoms with Crippen molar-refractivity contribution in [1.29, 1.82) is 0 Å². The van der Waals surface area contributed by atoms with E-state index in [1.54, 1.807) is 11.3 Å². The highest BCUT2D eigenvalue weighted by Crippen LogP contribution is 2.48. The lowest BCUT2D eigenvalue weighted by Gasteiger charge is -2.31. The number of anilines is 1. The van der Waals surface area contributed by atoms with Crippen molar-refractivity contribution in [1.82, 2.24) is 10.2 Å². The number of aromatic nitrogens is 2. The number of rotatable bonds is 2. The van der Waals surface area contributed by atoms with Gasteiger partial charge in [0.1, 0.15) is 0 Å². The minimum atomic E-state index is -0.0709. The molecule has 0 amide bonds. The summed E-state index contributed by atoms with van der Waals surface area (Å²) in [4.78, 5) is 14.0. The number of ketones is 1. The normalized spacial score (nSPS) is 19.1. The molecule has 0 spiro atoms. The van der Waals surface area contributed by atoms with Crippen LogP contribution < -0.4 is 5.32 Å². The van der Waals surface area contributed by atoms with E-state index in [0.717, 1.165) is 46.8 Å². The molecule has 2 aliphatic rings. The summed E-state index contributed by atoms with van der Waals surface area (Å²) < 4.78 is 0. The second-order valence-electron chi connectivity index (χ2n) is 6.61. The van der Waals surface area contributed by atoms with Crippen molar-refractivity contribution in [3.8, 4) is 11.3 Å². The zero-order valence-electron chi connectivity index (χ0n) is 13.9. The van der Waals surface area contributed by atoms with Gasteiger partial charge in [-0.05, 0) is 36.4 Å². The molecular weight excluding hydrogens is 366 g/mol. The van der Waals surface area contributed by atoms with Crippen molar-refractivity contribution < 1.29 is 4.79 Å². The Bertz CT molecular complexity index is 1020. The summed E-state index contributed by atoms with van der Waals surface area (Å²) in [7, 11) is 0. The zero-order chi connectivity index (χ0) is 17.7. The van der Waals surface area contributed by atoms with E-state index in [1.165, 1.54) is 4.88 Å². The predicted molar refractivity (Wildman–Crippen MR) is 105 cm³/mol. The van der Waals surface area contributed by atoms with E-state index in [-0.39, 0.29) is 11.7 Å². The van der Waals surface area contributed by atoms with Gasteiger partial charge in [-0.3, -0.25) is 9.89 Å². The molecule has 4 nitrogen and oxygen atoms in total. The highest BCUT2D eigenvalue weighted by Gasteiger charge is 2.38. The molecule has 0 radical (unpaired) electrons. The maximum Gasteiger partial charge on any atom is 0.161 e. The highest BCUT2D eigenvalue weighted by atomic mass is 35.5. The molecule has 2 N–H and O–H groups in total. The van der Waals surface area contributed by atoms with E-state index in [2.05, 4.69) is 27.0 Å². The fourth-order valence-electron chi connectivity index (χ4n) is 3.92. The van der Waals surface area contributed by atoms with Gasteiger partial charge in [-0.2, -0.15) is 5.10 Å². The van der Waals surface area contributed by atoms with Crippen molar-refractivity contribution in [2.75, 3.05) is 5.32 Å². The van der Waals surface area contributed by atoms with Crippen LogP contribution in [0.1, 0.15) is 35.6 Å². The van der Waals surface area contributed by atoms with E-state index in [0.29, 0.717) is 11.4 Å². The predicted octanol–water partition coefficient (Wildman–Crippen LogP) is 5.36. The average molecular weight is 382 g/mol. The zero-order valence-corrected chi connectivity index (χ0v) is 15.5. The molecule has 1 aliphatic carbocycles. The number of aromatic amines is 1. The molecular formula is C20H16ClN3OS. The lowest BCUT2D eigenvalue weighted by atomic mass is 9.78. The molecule has 26 heavy (non-hydrogen) atoms. The fourth-order valence-corrected chi connectivity index (χ4v) is 4.89. The summed E-state index contributed by atoms with van der Waals surface area (Å²) in [5, 5.41) is 13.9. The lowest BCUT2D eigenvalue weighted by Crippen LogP contribution is -2.26. The van der Waals surface area contributed by atoms with Crippen LogP contribution >= 0.6 is 22.9 Å². The molecule has 130 valence electrons. The number of halogens is 1. The third kappa shape index (κ3) is 2.42. The van der Waals surface area contributed by atoms with Gasteiger partial charge in [0.05, 0.1) is 11.6 Å². The third-order valence-corrected chi connectivity index (χ3v) is 6.26. The minimum absolute atomic E-state index is 0.0709. The summed E-state index contributed by atoms with van der Waals surface area (Å²) in [6.45, 7) is 0. The van der Waals surface area contributed by atoms with Gasteiger partial charge < -0.3 is 5.32 Å². The Balaban J connectivity index is 1.73. The Morgan fingerprint density at radius 2 is 2.00 bits per heavy atom. The topological polar surface area (TPSA) is 57.8 Å². The Morgan fingerprint density at radius 1 is 1.15 bits per heavy atom. The number of H-pyrrole nitrogens is 1. The van der Waals surface area contributed by atoms with Crippen LogP contribution in [0.4, 0.5) is 5.82 Å².